The monoisotopic (exact) mass is 331 g/mol. The number of hydrogen-bond acceptors (Lipinski definition) is 3. The summed E-state index contributed by atoms with van der Waals surface area (Å²) in [5.74, 6) is 0. The van der Waals surface area contributed by atoms with Gasteiger partial charge in [-0.1, -0.05) is 12.1 Å². The predicted molar refractivity (Wildman–Crippen MR) is 75.0 cm³/mol. The Morgan fingerprint density at radius 3 is 2.23 bits per heavy atom. The molecule has 0 saturated heterocycles. The third kappa shape index (κ3) is 4.22. The first-order chi connectivity index (χ1) is 10.2. The van der Waals surface area contributed by atoms with E-state index in [1.165, 1.54) is 30.3 Å². The van der Waals surface area contributed by atoms with E-state index >= 15 is 0 Å². The maximum Gasteiger partial charge on any atom is 0.416 e. The third-order valence-corrected chi connectivity index (χ3v) is 3.77. The fraction of sp³-hybridized carbons (Fsp3) is 0.143. The minimum Gasteiger partial charge on any atom is -0.381 e. The van der Waals surface area contributed by atoms with Gasteiger partial charge in [0, 0.05) is 12.2 Å². The number of nitrogens with one attached hydrogen (secondary N) is 1. The lowest BCUT2D eigenvalue weighted by Crippen LogP contribution is -2.07. The van der Waals surface area contributed by atoms with Gasteiger partial charge in [-0.15, -0.1) is 0 Å². The van der Waals surface area contributed by atoms with Crippen LogP contribution in [-0.4, -0.2) is 13.0 Å². The second-order valence-electron chi connectivity index (χ2n) is 4.55. The number of anilines is 1. The molecular weight excluding hydrogens is 319 g/mol. The molecule has 0 aromatic heterocycles. The largest absolute Gasteiger partial charge is 0.416 e. The van der Waals surface area contributed by atoms with Crippen molar-refractivity contribution in [2.75, 3.05) is 5.32 Å². The van der Waals surface area contributed by atoms with E-state index in [0.717, 1.165) is 12.1 Å². The maximum atomic E-state index is 12.6. The summed E-state index contributed by atoms with van der Waals surface area (Å²) >= 11 is 0. The summed E-state index contributed by atoms with van der Waals surface area (Å²) in [4.78, 5) is -0.253. The Labute approximate surface area is 125 Å². The summed E-state index contributed by atoms with van der Waals surface area (Å²) in [6.07, 6.45) is -4.40. The molecule has 2 N–H and O–H groups in total. The van der Waals surface area contributed by atoms with Crippen LogP contribution in [0.2, 0.25) is 0 Å². The first-order valence-corrected chi connectivity index (χ1v) is 7.58. The first-order valence-electron chi connectivity index (χ1n) is 6.14. The molecule has 0 heterocycles. The van der Waals surface area contributed by atoms with E-state index in [2.05, 4.69) is 5.32 Å². The molecule has 0 spiro atoms. The van der Waals surface area contributed by atoms with Crippen LogP contribution in [0.4, 0.5) is 18.9 Å². The predicted octanol–water partition coefficient (Wildman–Crippen LogP) is 3.56. The van der Waals surface area contributed by atoms with Crippen molar-refractivity contribution < 1.29 is 26.1 Å². The van der Waals surface area contributed by atoms with E-state index < -0.39 is 21.9 Å². The van der Waals surface area contributed by atoms with Crippen molar-refractivity contribution in [3.8, 4) is 0 Å². The Morgan fingerprint density at radius 2 is 1.68 bits per heavy atom. The van der Waals surface area contributed by atoms with E-state index in [9.17, 15) is 21.6 Å². The van der Waals surface area contributed by atoms with Crippen molar-refractivity contribution in [1.82, 2.24) is 0 Å². The topological polar surface area (TPSA) is 66.4 Å². The number of alkyl halides is 3. The Hall–Kier alpha value is -2.06. The van der Waals surface area contributed by atoms with Gasteiger partial charge in [-0.3, -0.25) is 4.55 Å². The fourth-order valence-electron chi connectivity index (χ4n) is 1.81. The number of hydrogen-bond donors (Lipinski definition) is 2. The highest BCUT2D eigenvalue weighted by Crippen LogP contribution is 2.29. The number of rotatable bonds is 4. The lowest BCUT2D eigenvalue weighted by molar-refractivity contribution is -0.137. The van der Waals surface area contributed by atoms with Crippen LogP contribution in [0.1, 0.15) is 11.1 Å². The normalized spacial score (nSPS) is 12.2. The number of halogens is 3. The molecule has 0 aliphatic carbocycles. The molecule has 22 heavy (non-hydrogen) atoms. The van der Waals surface area contributed by atoms with E-state index in [-0.39, 0.29) is 11.4 Å². The molecule has 2 rings (SSSR count). The van der Waals surface area contributed by atoms with Gasteiger partial charge in [-0.2, -0.15) is 21.6 Å². The van der Waals surface area contributed by atoms with Gasteiger partial charge in [0.15, 0.2) is 0 Å². The summed E-state index contributed by atoms with van der Waals surface area (Å²) in [6, 6.07) is 10.1. The zero-order valence-electron chi connectivity index (χ0n) is 11.1. The van der Waals surface area contributed by atoms with Crippen LogP contribution >= 0.6 is 0 Å². The second kappa shape index (κ2) is 5.98. The van der Waals surface area contributed by atoms with E-state index in [1.54, 1.807) is 6.07 Å². The van der Waals surface area contributed by atoms with Crippen molar-refractivity contribution in [3.63, 3.8) is 0 Å². The molecule has 8 heteroatoms. The van der Waals surface area contributed by atoms with Crippen LogP contribution < -0.4 is 5.32 Å². The summed E-state index contributed by atoms with van der Waals surface area (Å²) in [7, 11) is -4.26. The summed E-state index contributed by atoms with van der Waals surface area (Å²) in [5.41, 5.74) is 0.229. The van der Waals surface area contributed by atoms with Crippen molar-refractivity contribution in [2.24, 2.45) is 0 Å². The smallest absolute Gasteiger partial charge is 0.381 e. The van der Waals surface area contributed by atoms with Crippen LogP contribution in [0, 0.1) is 0 Å². The maximum absolute atomic E-state index is 12.6. The van der Waals surface area contributed by atoms with Gasteiger partial charge in [-0.05, 0) is 42.0 Å². The average Bonchev–Trinajstić information content (AvgIpc) is 2.44. The van der Waals surface area contributed by atoms with Crippen molar-refractivity contribution in [3.05, 3.63) is 59.7 Å². The van der Waals surface area contributed by atoms with Crippen molar-refractivity contribution >= 4 is 15.8 Å². The van der Waals surface area contributed by atoms with Crippen LogP contribution in [0.3, 0.4) is 0 Å². The molecular formula is C14H12F3NO3S. The SMILES string of the molecule is O=S(=O)(O)c1ccc(NCc2cccc(C(F)(F)F)c2)cc1. The molecule has 4 nitrogen and oxygen atoms in total. The van der Waals surface area contributed by atoms with Crippen LogP contribution in [-0.2, 0) is 22.8 Å². The molecule has 0 radical (unpaired) electrons. The summed E-state index contributed by atoms with van der Waals surface area (Å²) < 4.78 is 68.4. The minimum atomic E-state index is -4.40. The minimum absolute atomic E-state index is 0.148. The standard InChI is InChI=1S/C14H12F3NO3S/c15-14(16,17)11-3-1-2-10(8-11)9-18-12-4-6-13(7-5-12)22(19,20)21/h1-8,18H,9H2,(H,19,20,21). The zero-order valence-corrected chi connectivity index (χ0v) is 11.9. The highest BCUT2D eigenvalue weighted by molar-refractivity contribution is 7.85. The van der Waals surface area contributed by atoms with Crippen molar-refractivity contribution in [2.45, 2.75) is 17.6 Å². The molecule has 0 unspecified atom stereocenters. The quantitative estimate of drug-likeness (QED) is 0.841. The molecule has 0 saturated carbocycles. The lowest BCUT2D eigenvalue weighted by Gasteiger charge is -2.10. The molecule has 0 amide bonds. The molecule has 0 fully saturated rings. The summed E-state index contributed by atoms with van der Waals surface area (Å²) in [6.45, 7) is 0.148. The van der Waals surface area contributed by atoms with Crippen LogP contribution in [0.5, 0.6) is 0 Å². The molecule has 118 valence electrons. The van der Waals surface area contributed by atoms with Gasteiger partial charge >= 0.3 is 6.18 Å². The van der Waals surface area contributed by atoms with Gasteiger partial charge in [0.05, 0.1) is 10.5 Å². The second-order valence-corrected chi connectivity index (χ2v) is 5.97. The number of benzene rings is 2. The van der Waals surface area contributed by atoms with E-state index in [1.807, 2.05) is 0 Å². The van der Waals surface area contributed by atoms with E-state index in [0.29, 0.717) is 11.3 Å². The Kier molecular flexibility index (Phi) is 4.43. The average molecular weight is 331 g/mol. The molecule has 2 aromatic rings. The Morgan fingerprint density at radius 1 is 1.05 bits per heavy atom. The van der Waals surface area contributed by atoms with Gasteiger partial charge in [0.1, 0.15) is 0 Å². The van der Waals surface area contributed by atoms with Gasteiger partial charge < -0.3 is 5.32 Å². The van der Waals surface area contributed by atoms with Crippen molar-refractivity contribution in [1.29, 1.82) is 0 Å². The van der Waals surface area contributed by atoms with Gasteiger partial charge in [0.25, 0.3) is 10.1 Å². The van der Waals surface area contributed by atoms with Gasteiger partial charge in [-0.25, -0.2) is 0 Å². The summed E-state index contributed by atoms with van der Waals surface area (Å²) in [5, 5.41) is 2.87. The highest BCUT2D eigenvalue weighted by atomic mass is 32.2. The fourth-order valence-corrected chi connectivity index (χ4v) is 2.29. The molecule has 0 bridgehead atoms. The molecule has 0 aliphatic rings. The van der Waals surface area contributed by atoms with Crippen LogP contribution in [0.15, 0.2) is 53.4 Å². The Bertz CT molecular complexity index is 756. The zero-order chi connectivity index (χ0) is 16.4. The highest BCUT2D eigenvalue weighted by Gasteiger charge is 2.30. The Balaban J connectivity index is 2.07. The third-order valence-electron chi connectivity index (χ3n) is 2.90. The lowest BCUT2D eigenvalue weighted by atomic mass is 10.1. The first kappa shape index (κ1) is 16.3. The van der Waals surface area contributed by atoms with E-state index in [4.69, 9.17) is 4.55 Å². The molecule has 2 aromatic carbocycles. The molecule has 0 aliphatic heterocycles. The van der Waals surface area contributed by atoms with Crippen LogP contribution in [0.25, 0.3) is 0 Å². The molecule has 0 atom stereocenters. The van der Waals surface area contributed by atoms with Gasteiger partial charge in [0.2, 0.25) is 0 Å².